The van der Waals surface area contributed by atoms with Crippen LogP contribution in [0.3, 0.4) is 0 Å². The van der Waals surface area contributed by atoms with Crippen molar-refractivity contribution in [3.8, 4) is 11.5 Å². The zero-order chi connectivity index (χ0) is 14.2. The number of hydrogen-bond donors (Lipinski definition) is 1. The molecule has 0 aromatic heterocycles. The van der Waals surface area contributed by atoms with Gasteiger partial charge < -0.3 is 14.8 Å². The molecule has 2 heterocycles. The van der Waals surface area contributed by atoms with Gasteiger partial charge in [0.1, 0.15) is 17.6 Å². The van der Waals surface area contributed by atoms with Crippen LogP contribution in [0.2, 0.25) is 0 Å². The van der Waals surface area contributed by atoms with Gasteiger partial charge in [0.05, 0.1) is 7.11 Å². The smallest absolute Gasteiger partial charge is 0.120 e. The van der Waals surface area contributed by atoms with Gasteiger partial charge >= 0.3 is 0 Å². The van der Waals surface area contributed by atoms with Gasteiger partial charge in [0, 0.05) is 12.1 Å². The highest BCUT2D eigenvalue weighted by Gasteiger charge is 2.34. The van der Waals surface area contributed by atoms with Crippen molar-refractivity contribution in [3.05, 3.63) is 36.4 Å². The molecule has 21 heavy (non-hydrogen) atoms. The molecule has 110 valence electrons. The van der Waals surface area contributed by atoms with Crippen molar-refractivity contribution in [1.82, 2.24) is 5.32 Å². The number of benzene rings is 2. The Hall–Kier alpha value is -1.74. The molecule has 1 N–H and O–H groups in total. The molecule has 2 saturated heterocycles. The Morgan fingerprint density at radius 1 is 0.905 bits per heavy atom. The fraction of sp³-hybridized carbons (Fsp3) is 0.444. The lowest BCUT2D eigenvalue weighted by Gasteiger charge is -2.29. The molecule has 0 aliphatic carbocycles. The summed E-state index contributed by atoms with van der Waals surface area (Å²) < 4.78 is 11.5. The summed E-state index contributed by atoms with van der Waals surface area (Å²) in [6, 6.07) is 13.8. The van der Waals surface area contributed by atoms with Gasteiger partial charge in [-0.15, -0.1) is 0 Å². The second-order valence-corrected chi connectivity index (χ2v) is 6.22. The largest absolute Gasteiger partial charge is 0.497 e. The minimum Gasteiger partial charge on any atom is -0.497 e. The third kappa shape index (κ3) is 2.58. The lowest BCUT2D eigenvalue weighted by atomic mass is 10.0. The quantitative estimate of drug-likeness (QED) is 0.935. The van der Waals surface area contributed by atoms with E-state index in [1.165, 1.54) is 23.6 Å². The van der Waals surface area contributed by atoms with E-state index in [2.05, 4.69) is 35.6 Å². The van der Waals surface area contributed by atoms with Gasteiger partial charge in [-0.05, 0) is 60.7 Å². The second-order valence-electron chi connectivity index (χ2n) is 6.22. The van der Waals surface area contributed by atoms with Crippen LogP contribution in [-0.4, -0.2) is 25.3 Å². The SMILES string of the molecule is COc1ccc2cc(OC3CC4CCC(C3)N4)ccc2c1. The number of hydrogen-bond acceptors (Lipinski definition) is 3. The maximum Gasteiger partial charge on any atom is 0.120 e. The molecule has 2 aromatic carbocycles. The van der Waals surface area contributed by atoms with Gasteiger partial charge in [0.2, 0.25) is 0 Å². The van der Waals surface area contributed by atoms with E-state index >= 15 is 0 Å². The monoisotopic (exact) mass is 283 g/mol. The Morgan fingerprint density at radius 3 is 2.19 bits per heavy atom. The average Bonchev–Trinajstić information content (AvgIpc) is 2.85. The van der Waals surface area contributed by atoms with Crippen LogP contribution in [0.1, 0.15) is 25.7 Å². The highest BCUT2D eigenvalue weighted by Crippen LogP contribution is 2.31. The van der Waals surface area contributed by atoms with Gasteiger partial charge in [-0.25, -0.2) is 0 Å². The maximum absolute atomic E-state index is 6.23. The molecule has 3 heteroatoms. The summed E-state index contributed by atoms with van der Waals surface area (Å²) in [7, 11) is 1.70. The van der Waals surface area contributed by atoms with Crippen molar-refractivity contribution in [2.45, 2.75) is 43.9 Å². The summed E-state index contributed by atoms with van der Waals surface area (Å²) >= 11 is 0. The lowest BCUT2D eigenvalue weighted by Crippen LogP contribution is -2.42. The zero-order valence-corrected chi connectivity index (χ0v) is 12.3. The molecule has 2 bridgehead atoms. The van der Waals surface area contributed by atoms with E-state index < -0.39 is 0 Å². The molecule has 0 spiro atoms. The van der Waals surface area contributed by atoms with Gasteiger partial charge in [0.15, 0.2) is 0 Å². The number of methoxy groups -OCH3 is 1. The first-order chi connectivity index (χ1) is 10.3. The van der Waals surface area contributed by atoms with E-state index in [9.17, 15) is 0 Å². The van der Waals surface area contributed by atoms with Crippen molar-refractivity contribution in [3.63, 3.8) is 0 Å². The van der Waals surface area contributed by atoms with Crippen LogP contribution in [0.15, 0.2) is 36.4 Å². The van der Waals surface area contributed by atoms with Gasteiger partial charge in [-0.2, -0.15) is 0 Å². The molecular formula is C18H21NO2. The Morgan fingerprint density at radius 2 is 1.52 bits per heavy atom. The second kappa shape index (κ2) is 5.23. The minimum absolute atomic E-state index is 0.361. The third-order valence-corrected chi connectivity index (χ3v) is 4.75. The summed E-state index contributed by atoms with van der Waals surface area (Å²) in [5, 5.41) is 6.04. The van der Waals surface area contributed by atoms with Crippen LogP contribution in [0.4, 0.5) is 0 Å². The molecule has 0 amide bonds. The Balaban J connectivity index is 1.54. The summed E-state index contributed by atoms with van der Waals surface area (Å²) in [5.74, 6) is 1.88. The van der Waals surface area contributed by atoms with E-state index in [-0.39, 0.29) is 0 Å². The van der Waals surface area contributed by atoms with Crippen molar-refractivity contribution in [2.24, 2.45) is 0 Å². The first-order valence-corrected chi connectivity index (χ1v) is 7.81. The number of rotatable bonds is 3. The predicted octanol–water partition coefficient (Wildman–Crippen LogP) is 3.51. The maximum atomic E-state index is 6.23. The normalized spacial score (nSPS) is 27.8. The summed E-state index contributed by atoms with van der Waals surface area (Å²) in [6.07, 6.45) is 5.25. The summed E-state index contributed by atoms with van der Waals surface area (Å²) in [4.78, 5) is 0. The highest BCUT2D eigenvalue weighted by atomic mass is 16.5. The standard InChI is InChI=1S/C18H21NO2/c1-20-16-6-2-13-9-17(7-3-12(13)8-16)21-18-10-14-4-5-15(11-18)19-14/h2-3,6-9,14-15,18-19H,4-5,10-11H2,1H3. The molecule has 2 aromatic rings. The van der Waals surface area contributed by atoms with Crippen molar-refractivity contribution >= 4 is 10.8 Å². The van der Waals surface area contributed by atoms with Gasteiger partial charge in [-0.3, -0.25) is 0 Å². The third-order valence-electron chi connectivity index (χ3n) is 4.75. The topological polar surface area (TPSA) is 30.5 Å². The number of nitrogens with one attached hydrogen (secondary N) is 1. The predicted molar refractivity (Wildman–Crippen MR) is 84.1 cm³/mol. The van der Waals surface area contributed by atoms with Crippen LogP contribution < -0.4 is 14.8 Å². The molecule has 4 rings (SSSR count). The highest BCUT2D eigenvalue weighted by molar-refractivity contribution is 5.85. The molecule has 3 nitrogen and oxygen atoms in total. The molecular weight excluding hydrogens is 262 g/mol. The van der Waals surface area contributed by atoms with Gasteiger partial charge in [-0.1, -0.05) is 12.1 Å². The van der Waals surface area contributed by atoms with Gasteiger partial charge in [0.25, 0.3) is 0 Å². The van der Waals surface area contributed by atoms with Crippen LogP contribution in [0.25, 0.3) is 10.8 Å². The Bertz CT molecular complexity index is 643. The molecule has 2 aliphatic heterocycles. The van der Waals surface area contributed by atoms with Crippen LogP contribution in [-0.2, 0) is 0 Å². The molecule has 0 saturated carbocycles. The first-order valence-electron chi connectivity index (χ1n) is 7.81. The number of fused-ring (bicyclic) bond motifs is 3. The van der Waals surface area contributed by atoms with Crippen molar-refractivity contribution < 1.29 is 9.47 Å². The molecule has 2 aliphatic rings. The average molecular weight is 283 g/mol. The minimum atomic E-state index is 0.361. The van der Waals surface area contributed by atoms with Crippen molar-refractivity contribution in [1.29, 1.82) is 0 Å². The number of piperidine rings is 1. The summed E-state index contributed by atoms with van der Waals surface area (Å²) in [5.41, 5.74) is 0. The Labute approximate surface area is 125 Å². The molecule has 0 radical (unpaired) electrons. The zero-order valence-electron chi connectivity index (χ0n) is 12.3. The summed E-state index contributed by atoms with van der Waals surface area (Å²) in [6.45, 7) is 0. The lowest BCUT2D eigenvalue weighted by molar-refractivity contribution is 0.137. The van der Waals surface area contributed by atoms with Crippen LogP contribution in [0, 0.1) is 0 Å². The van der Waals surface area contributed by atoms with E-state index in [1.807, 2.05) is 6.07 Å². The fourth-order valence-electron chi connectivity index (χ4n) is 3.70. The van der Waals surface area contributed by atoms with E-state index in [1.54, 1.807) is 7.11 Å². The van der Waals surface area contributed by atoms with E-state index in [4.69, 9.17) is 9.47 Å². The van der Waals surface area contributed by atoms with Crippen LogP contribution >= 0.6 is 0 Å². The number of ether oxygens (including phenoxy) is 2. The Kier molecular flexibility index (Phi) is 3.23. The molecule has 2 atom stereocenters. The van der Waals surface area contributed by atoms with Crippen LogP contribution in [0.5, 0.6) is 11.5 Å². The van der Waals surface area contributed by atoms with E-state index in [0.29, 0.717) is 18.2 Å². The fourth-order valence-corrected chi connectivity index (χ4v) is 3.70. The molecule has 2 fully saturated rings. The first kappa shape index (κ1) is 13.0. The molecule has 2 unspecified atom stereocenters. The van der Waals surface area contributed by atoms with E-state index in [0.717, 1.165) is 24.3 Å². The van der Waals surface area contributed by atoms with Crippen molar-refractivity contribution in [2.75, 3.05) is 7.11 Å².